The Morgan fingerprint density at radius 1 is 1.57 bits per heavy atom. The maximum absolute atomic E-state index is 11.8. The number of amides is 1. The van der Waals surface area contributed by atoms with Gasteiger partial charge in [-0.1, -0.05) is 0 Å². The highest BCUT2D eigenvalue weighted by atomic mass is 16.2. The molecular formula is C8H13N5O. The smallest absolute Gasteiger partial charge is 0.295 e. The lowest BCUT2D eigenvalue weighted by Crippen LogP contribution is -2.42. The molecule has 1 aliphatic rings. The molecule has 76 valence electrons. The third-order valence-electron chi connectivity index (χ3n) is 2.60. The summed E-state index contributed by atoms with van der Waals surface area (Å²) in [5, 5.41) is 13.0. The molecule has 1 saturated heterocycles. The van der Waals surface area contributed by atoms with Crippen molar-refractivity contribution < 1.29 is 4.79 Å². The third kappa shape index (κ3) is 1.59. The van der Waals surface area contributed by atoms with Gasteiger partial charge in [0.1, 0.15) is 0 Å². The molecule has 2 heterocycles. The molecule has 0 radical (unpaired) electrons. The van der Waals surface area contributed by atoms with Gasteiger partial charge in [-0.2, -0.15) is 5.21 Å². The van der Waals surface area contributed by atoms with Crippen molar-refractivity contribution in [3.05, 3.63) is 5.82 Å². The molecule has 1 unspecified atom stereocenters. The molecule has 1 amide bonds. The Hall–Kier alpha value is -1.46. The standard InChI is InChI=1S/C8H13N5O/c1-6-4-2-3-5-13(6)8(14)7-9-11-12-10-7/h6H,2-5H2,1H3,(H,9,10,11,12). The Bertz CT molecular complexity index is 310. The maximum atomic E-state index is 11.8. The highest BCUT2D eigenvalue weighted by molar-refractivity contribution is 5.90. The summed E-state index contributed by atoms with van der Waals surface area (Å²) in [6.45, 7) is 2.85. The van der Waals surface area contributed by atoms with Crippen LogP contribution in [0.25, 0.3) is 0 Å². The fourth-order valence-corrected chi connectivity index (χ4v) is 1.78. The lowest BCUT2D eigenvalue weighted by atomic mass is 10.0. The fourth-order valence-electron chi connectivity index (χ4n) is 1.78. The number of carbonyl (C=O) groups is 1. The molecule has 0 aliphatic carbocycles. The van der Waals surface area contributed by atoms with Crippen molar-refractivity contribution in [1.29, 1.82) is 0 Å². The molecule has 1 N–H and O–H groups in total. The van der Waals surface area contributed by atoms with Gasteiger partial charge in [0.25, 0.3) is 11.7 Å². The van der Waals surface area contributed by atoms with Crippen molar-refractivity contribution in [2.24, 2.45) is 0 Å². The summed E-state index contributed by atoms with van der Waals surface area (Å²) >= 11 is 0. The molecular weight excluding hydrogens is 182 g/mol. The van der Waals surface area contributed by atoms with Gasteiger partial charge in [-0.3, -0.25) is 4.79 Å². The van der Waals surface area contributed by atoms with Crippen LogP contribution < -0.4 is 0 Å². The minimum absolute atomic E-state index is 0.119. The summed E-state index contributed by atoms with van der Waals surface area (Å²) in [6.07, 6.45) is 3.31. The SMILES string of the molecule is CC1CCCCN1C(=O)c1nn[nH]n1. The monoisotopic (exact) mass is 195 g/mol. The Balaban J connectivity index is 2.10. The lowest BCUT2D eigenvalue weighted by Gasteiger charge is -2.32. The van der Waals surface area contributed by atoms with Crippen LogP contribution in [0.1, 0.15) is 36.8 Å². The van der Waals surface area contributed by atoms with Crippen LogP contribution in [-0.4, -0.2) is 44.0 Å². The molecule has 0 saturated carbocycles. The number of rotatable bonds is 1. The van der Waals surface area contributed by atoms with Gasteiger partial charge >= 0.3 is 0 Å². The Morgan fingerprint density at radius 2 is 2.43 bits per heavy atom. The van der Waals surface area contributed by atoms with Crippen LogP contribution in [0.4, 0.5) is 0 Å². The Kier molecular flexibility index (Phi) is 2.43. The zero-order chi connectivity index (χ0) is 9.97. The molecule has 0 bridgehead atoms. The van der Waals surface area contributed by atoms with Gasteiger partial charge in [-0.25, -0.2) is 0 Å². The van der Waals surface area contributed by atoms with Crippen molar-refractivity contribution in [2.75, 3.05) is 6.54 Å². The second kappa shape index (κ2) is 3.73. The largest absolute Gasteiger partial charge is 0.333 e. The molecule has 1 fully saturated rings. The highest BCUT2D eigenvalue weighted by Gasteiger charge is 2.26. The molecule has 6 heteroatoms. The maximum Gasteiger partial charge on any atom is 0.295 e. The summed E-state index contributed by atoms with van der Waals surface area (Å²) < 4.78 is 0. The van der Waals surface area contributed by atoms with Crippen molar-refractivity contribution in [2.45, 2.75) is 32.2 Å². The third-order valence-corrected chi connectivity index (χ3v) is 2.60. The first-order valence-corrected chi connectivity index (χ1v) is 4.83. The van der Waals surface area contributed by atoms with E-state index in [0.29, 0.717) is 0 Å². The van der Waals surface area contributed by atoms with Crippen LogP contribution in [0.2, 0.25) is 0 Å². The minimum atomic E-state index is -0.119. The second-order valence-corrected chi connectivity index (χ2v) is 3.58. The molecule has 1 aromatic heterocycles. The van der Waals surface area contributed by atoms with E-state index in [1.807, 2.05) is 4.90 Å². The molecule has 0 aromatic carbocycles. The van der Waals surface area contributed by atoms with E-state index in [9.17, 15) is 4.79 Å². The number of carbonyl (C=O) groups excluding carboxylic acids is 1. The van der Waals surface area contributed by atoms with E-state index in [0.717, 1.165) is 19.4 Å². The molecule has 0 spiro atoms. The fraction of sp³-hybridized carbons (Fsp3) is 0.750. The summed E-state index contributed by atoms with van der Waals surface area (Å²) in [6, 6.07) is 0.287. The predicted molar refractivity (Wildman–Crippen MR) is 48.5 cm³/mol. The number of aromatic amines is 1. The zero-order valence-corrected chi connectivity index (χ0v) is 8.10. The number of hydrogen-bond donors (Lipinski definition) is 1. The van der Waals surface area contributed by atoms with Crippen molar-refractivity contribution in [1.82, 2.24) is 25.5 Å². The summed E-state index contributed by atoms with van der Waals surface area (Å²) in [5.41, 5.74) is 0. The number of tetrazole rings is 1. The number of likely N-dealkylation sites (tertiary alicyclic amines) is 1. The number of nitrogens with zero attached hydrogens (tertiary/aromatic N) is 4. The van der Waals surface area contributed by atoms with Crippen LogP contribution in [0.5, 0.6) is 0 Å². The number of hydrogen-bond acceptors (Lipinski definition) is 4. The number of piperidine rings is 1. The molecule has 1 aromatic rings. The average molecular weight is 195 g/mol. The minimum Gasteiger partial charge on any atom is -0.333 e. The Labute approximate surface area is 81.7 Å². The van der Waals surface area contributed by atoms with Crippen LogP contribution in [0, 0.1) is 0 Å². The summed E-state index contributed by atoms with van der Waals surface area (Å²) in [5.74, 6) is 0.0460. The zero-order valence-electron chi connectivity index (χ0n) is 8.10. The Morgan fingerprint density at radius 3 is 3.07 bits per heavy atom. The van der Waals surface area contributed by atoms with Gasteiger partial charge in [-0.05, 0) is 31.4 Å². The first-order valence-electron chi connectivity index (χ1n) is 4.83. The predicted octanol–water partition coefficient (Wildman–Crippen LogP) is 0.214. The molecule has 1 atom stereocenters. The first kappa shape index (κ1) is 9.11. The molecule has 6 nitrogen and oxygen atoms in total. The van der Waals surface area contributed by atoms with E-state index in [1.54, 1.807) is 0 Å². The van der Waals surface area contributed by atoms with E-state index in [4.69, 9.17) is 0 Å². The summed E-state index contributed by atoms with van der Waals surface area (Å²) in [7, 11) is 0. The van der Waals surface area contributed by atoms with Crippen molar-refractivity contribution in [3.63, 3.8) is 0 Å². The number of nitrogens with one attached hydrogen (secondary N) is 1. The van der Waals surface area contributed by atoms with E-state index in [-0.39, 0.29) is 17.8 Å². The molecule has 2 rings (SSSR count). The van der Waals surface area contributed by atoms with Gasteiger partial charge < -0.3 is 4.90 Å². The quantitative estimate of drug-likeness (QED) is 0.695. The van der Waals surface area contributed by atoms with Gasteiger partial charge in [-0.15, -0.1) is 10.2 Å². The highest BCUT2D eigenvalue weighted by Crippen LogP contribution is 2.17. The van der Waals surface area contributed by atoms with E-state index < -0.39 is 0 Å². The normalized spacial score (nSPS) is 22.4. The number of aromatic nitrogens is 4. The van der Waals surface area contributed by atoms with Gasteiger partial charge in [0.15, 0.2) is 0 Å². The average Bonchev–Trinajstić information content (AvgIpc) is 2.70. The number of H-pyrrole nitrogens is 1. The van der Waals surface area contributed by atoms with Crippen molar-refractivity contribution >= 4 is 5.91 Å². The van der Waals surface area contributed by atoms with E-state index in [2.05, 4.69) is 27.5 Å². The molecule has 14 heavy (non-hydrogen) atoms. The molecule has 1 aliphatic heterocycles. The van der Waals surface area contributed by atoms with Crippen LogP contribution in [0.3, 0.4) is 0 Å². The van der Waals surface area contributed by atoms with Gasteiger partial charge in [0.2, 0.25) is 0 Å². The van der Waals surface area contributed by atoms with E-state index >= 15 is 0 Å². The van der Waals surface area contributed by atoms with Gasteiger partial charge in [0, 0.05) is 12.6 Å². The first-order chi connectivity index (χ1) is 6.79. The van der Waals surface area contributed by atoms with Crippen LogP contribution in [-0.2, 0) is 0 Å². The van der Waals surface area contributed by atoms with Crippen LogP contribution in [0.15, 0.2) is 0 Å². The summed E-state index contributed by atoms with van der Waals surface area (Å²) in [4.78, 5) is 13.6. The van der Waals surface area contributed by atoms with Gasteiger partial charge in [0.05, 0.1) is 0 Å². The lowest BCUT2D eigenvalue weighted by molar-refractivity contribution is 0.0623. The topological polar surface area (TPSA) is 74.8 Å². The van der Waals surface area contributed by atoms with E-state index in [1.165, 1.54) is 6.42 Å². The second-order valence-electron chi connectivity index (χ2n) is 3.58. The van der Waals surface area contributed by atoms with Crippen LogP contribution >= 0.6 is 0 Å². The van der Waals surface area contributed by atoms with Crippen molar-refractivity contribution in [3.8, 4) is 0 Å².